The van der Waals surface area contributed by atoms with Crippen molar-refractivity contribution in [1.29, 1.82) is 0 Å². The van der Waals surface area contributed by atoms with Crippen molar-refractivity contribution in [2.75, 3.05) is 0 Å². The summed E-state index contributed by atoms with van der Waals surface area (Å²) in [6, 6.07) is 5.38. The molecule has 2 N–H and O–H groups in total. The molecule has 21 heavy (non-hydrogen) atoms. The molecule has 0 aromatic carbocycles. The van der Waals surface area contributed by atoms with Crippen molar-refractivity contribution in [3.05, 3.63) is 52.2 Å². The lowest BCUT2D eigenvalue weighted by molar-refractivity contribution is -0.136. The van der Waals surface area contributed by atoms with Gasteiger partial charge in [-0.2, -0.15) is 0 Å². The predicted octanol–water partition coefficient (Wildman–Crippen LogP) is 1.02. The number of nitrogens with zero attached hydrogens (tertiary/aromatic N) is 3. The van der Waals surface area contributed by atoms with E-state index < -0.39 is 11.5 Å². The molecule has 7 heteroatoms. The van der Waals surface area contributed by atoms with Crippen molar-refractivity contribution in [1.82, 2.24) is 19.6 Å². The minimum atomic E-state index is -1.06. The molecule has 3 heterocycles. The summed E-state index contributed by atoms with van der Waals surface area (Å²) in [4.78, 5) is 31.5. The molecule has 3 rings (SSSR count). The van der Waals surface area contributed by atoms with Crippen LogP contribution in [0.25, 0.3) is 16.9 Å². The van der Waals surface area contributed by atoms with Crippen LogP contribution in [0, 0.1) is 6.92 Å². The van der Waals surface area contributed by atoms with Gasteiger partial charge in [-0.3, -0.25) is 19.7 Å². The first-order valence-corrected chi connectivity index (χ1v) is 6.29. The summed E-state index contributed by atoms with van der Waals surface area (Å²) in [6.07, 6.45) is 2.98. The van der Waals surface area contributed by atoms with Crippen LogP contribution in [0.15, 0.2) is 35.4 Å². The summed E-state index contributed by atoms with van der Waals surface area (Å²) >= 11 is 0. The second-order valence-electron chi connectivity index (χ2n) is 4.66. The maximum absolute atomic E-state index is 12.3. The van der Waals surface area contributed by atoms with Crippen LogP contribution in [-0.4, -0.2) is 30.7 Å². The third kappa shape index (κ3) is 2.29. The topological polar surface area (TPSA) is 100 Å². The summed E-state index contributed by atoms with van der Waals surface area (Å²) < 4.78 is 1.26. The Morgan fingerprint density at radius 3 is 2.95 bits per heavy atom. The molecule has 0 saturated carbocycles. The maximum atomic E-state index is 12.3. The fourth-order valence-electron chi connectivity index (χ4n) is 2.19. The van der Waals surface area contributed by atoms with E-state index in [1.54, 1.807) is 31.5 Å². The van der Waals surface area contributed by atoms with Gasteiger partial charge in [0.15, 0.2) is 5.65 Å². The average molecular weight is 284 g/mol. The van der Waals surface area contributed by atoms with Gasteiger partial charge in [0.2, 0.25) is 0 Å². The standard InChI is InChI=1S/C14H12N4O3/c1-8-10(5-13(19)20)14(21)18-12(16-8)6-11(17-18)9-3-2-4-15-7-9/h2-4,6-7,17H,5H2,1H3,(H,19,20). The zero-order valence-corrected chi connectivity index (χ0v) is 11.2. The van der Waals surface area contributed by atoms with Crippen molar-refractivity contribution in [2.24, 2.45) is 0 Å². The highest BCUT2D eigenvalue weighted by molar-refractivity contribution is 5.70. The highest BCUT2D eigenvalue weighted by Crippen LogP contribution is 2.17. The van der Waals surface area contributed by atoms with E-state index in [2.05, 4.69) is 15.1 Å². The second-order valence-corrected chi connectivity index (χ2v) is 4.66. The van der Waals surface area contributed by atoms with E-state index in [1.807, 2.05) is 6.07 Å². The van der Waals surface area contributed by atoms with Gasteiger partial charge in [0.1, 0.15) is 0 Å². The van der Waals surface area contributed by atoms with Crippen LogP contribution in [0.3, 0.4) is 0 Å². The molecule has 0 bridgehead atoms. The molecule has 0 radical (unpaired) electrons. The summed E-state index contributed by atoms with van der Waals surface area (Å²) in [6.45, 7) is 1.64. The van der Waals surface area contributed by atoms with Crippen molar-refractivity contribution in [3.63, 3.8) is 0 Å². The van der Waals surface area contributed by atoms with Crippen LogP contribution in [-0.2, 0) is 11.2 Å². The van der Waals surface area contributed by atoms with E-state index in [4.69, 9.17) is 5.11 Å². The van der Waals surface area contributed by atoms with Crippen LogP contribution < -0.4 is 5.56 Å². The van der Waals surface area contributed by atoms with Crippen molar-refractivity contribution in [3.8, 4) is 11.3 Å². The number of aromatic amines is 1. The molecule has 3 aromatic heterocycles. The molecule has 0 atom stereocenters. The Labute approximate surface area is 118 Å². The maximum Gasteiger partial charge on any atom is 0.308 e. The van der Waals surface area contributed by atoms with Gasteiger partial charge in [-0.15, -0.1) is 0 Å². The van der Waals surface area contributed by atoms with Crippen LogP contribution in [0.5, 0.6) is 0 Å². The molecular weight excluding hydrogens is 272 g/mol. The Morgan fingerprint density at radius 1 is 1.48 bits per heavy atom. The van der Waals surface area contributed by atoms with Gasteiger partial charge >= 0.3 is 5.97 Å². The summed E-state index contributed by atoms with van der Waals surface area (Å²) in [5.74, 6) is -1.06. The largest absolute Gasteiger partial charge is 0.481 e. The zero-order valence-electron chi connectivity index (χ0n) is 11.2. The van der Waals surface area contributed by atoms with E-state index in [1.165, 1.54) is 4.52 Å². The lowest BCUT2D eigenvalue weighted by Gasteiger charge is -2.02. The number of aliphatic carboxylic acids is 1. The van der Waals surface area contributed by atoms with E-state index in [-0.39, 0.29) is 12.0 Å². The molecular formula is C14H12N4O3. The van der Waals surface area contributed by atoms with Crippen LogP contribution in [0.4, 0.5) is 0 Å². The lowest BCUT2D eigenvalue weighted by Crippen LogP contribution is -2.23. The van der Waals surface area contributed by atoms with Crippen molar-refractivity contribution in [2.45, 2.75) is 13.3 Å². The molecule has 0 amide bonds. The van der Waals surface area contributed by atoms with E-state index in [0.717, 1.165) is 5.56 Å². The second kappa shape index (κ2) is 4.86. The number of aromatic nitrogens is 4. The molecule has 0 fully saturated rings. The molecule has 0 spiro atoms. The minimum Gasteiger partial charge on any atom is -0.481 e. The van der Waals surface area contributed by atoms with Gasteiger partial charge in [0.25, 0.3) is 5.56 Å². The molecule has 106 valence electrons. The molecule has 0 aliphatic heterocycles. The molecule has 3 aromatic rings. The van der Waals surface area contributed by atoms with Gasteiger partial charge < -0.3 is 5.11 Å². The van der Waals surface area contributed by atoms with Gasteiger partial charge in [0.05, 0.1) is 17.7 Å². The quantitative estimate of drug-likeness (QED) is 0.748. The highest BCUT2D eigenvalue weighted by Gasteiger charge is 2.15. The smallest absolute Gasteiger partial charge is 0.308 e. The van der Waals surface area contributed by atoms with E-state index >= 15 is 0 Å². The number of H-pyrrole nitrogens is 1. The average Bonchev–Trinajstić information content (AvgIpc) is 2.88. The Balaban J connectivity index is 2.21. The first-order valence-electron chi connectivity index (χ1n) is 6.29. The monoisotopic (exact) mass is 284 g/mol. The first kappa shape index (κ1) is 13.0. The van der Waals surface area contributed by atoms with Gasteiger partial charge in [-0.25, -0.2) is 9.50 Å². The number of carbonyl (C=O) groups is 1. The van der Waals surface area contributed by atoms with Crippen molar-refractivity contribution >= 4 is 11.6 Å². The number of nitrogens with one attached hydrogen (secondary N) is 1. The van der Waals surface area contributed by atoms with Gasteiger partial charge in [0, 0.05) is 29.7 Å². The number of hydrogen-bond donors (Lipinski definition) is 2. The van der Waals surface area contributed by atoms with E-state index in [0.29, 0.717) is 17.0 Å². The molecule has 0 unspecified atom stereocenters. The fraction of sp³-hybridized carbons (Fsp3) is 0.143. The SMILES string of the molecule is Cc1nc2cc(-c3cccnc3)[nH]n2c(=O)c1CC(=O)O. The number of aryl methyl sites for hydroxylation is 1. The first-order chi connectivity index (χ1) is 10.1. The predicted molar refractivity (Wildman–Crippen MR) is 75.1 cm³/mol. The molecule has 0 saturated heterocycles. The third-order valence-corrected chi connectivity index (χ3v) is 3.22. The van der Waals surface area contributed by atoms with E-state index in [9.17, 15) is 9.59 Å². The third-order valence-electron chi connectivity index (χ3n) is 3.22. The van der Waals surface area contributed by atoms with Crippen LogP contribution >= 0.6 is 0 Å². The number of carboxylic acid groups (broad SMARTS) is 1. The normalized spacial score (nSPS) is 10.9. The fourth-order valence-corrected chi connectivity index (χ4v) is 2.19. The van der Waals surface area contributed by atoms with Gasteiger partial charge in [-0.05, 0) is 19.1 Å². The Bertz CT molecular complexity index is 880. The minimum absolute atomic E-state index is 0.180. The molecule has 7 nitrogen and oxygen atoms in total. The zero-order chi connectivity index (χ0) is 15.0. The van der Waals surface area contributed by atoms with Crippen LogP contribution in [0.2, 0.25) is 0 Å². The molecule has 0 aliphatic carbocycles. The Morgan fingerprint density at radius 2 is 2.29 bits per heavy atom. The van der Waals surface area contributed by atoms with Gasteiger partial charge in [-0.1, -0.05) is 0 Å². The molecule has 0 aliphatic rings. The highest BCUT2D eigenvalue weighted by atomic mass is 16.4. The number of rotatable bonds is 3. The number of fused-ring (bicyclic) bond motifs is 1. The Kier molecular flexibility index (Phi) is 3.02. The van der Waals surface area contributed by atoms with Crippen LogP contribution in [0.1, 0.15) is 11.3 Å². The summed E-state index contributed by atoms with van der Waals surface area (Å²) in [5, 5.41) is 11.8. The summed E-state index contributed by atoms with van der Waals surface area (Å²) in [5.41, 5.74) is 2.18. The van der Waals surface area contributed by atoms with Crippen molar-refractivity contribution < 1.29 is 9.90 Å². The number of pyridine rings is 1. The Hall–Kier alpha value is -2.96. The number of hydrogen-bond acceptors (Lipinski definition) is 4. The lowest BCUT2D eigenvalue weighted by atomic mass is 10.2. The number of carboxylic acids is 1. The summed E-state index contributed by atoms with van der Waals surface area (Å²) in [7, 11) is 0.